The maximum Gasteiger partial charge on any atom is 0.183 e. The van der Waals surface area contributed by atoms with Crippen molar-refractivity contribution in [2.75, 3.05) is 5.43 Å². The summed E-state index contributed by atoms with van der Waals surface area (Å²) in [4.78, 5) is 19.3. The molecule has 0 fully saturated rings. The molecule has 0 atom stereocenters. The second kappa shape index (κ2) is 4.87. The first-order valence-corrected chi connectivity index (χ1v) is 6.67. The molecule has 3 aromatic rings. The molecule has 19 heavy (non-hydrogen) atoms. The third kappa shape index (κ3) is 2.13. The molecule has 3 N–H and O–H groups in total. The van der Waals surface area contributed by atoms with E-state index in [1.807, 2.05) is 0 Å². The Morgan fingerprint density at radius 3 is 2.89 bits per heavy atom. The standard InChI is InChI=1S/C12H12N6S/c1-2-7-5-8-10(18-13)16-11(17-12(8)19-7)9-6-14-3-4-15-9/h3-6H,2,13H2,1H3,(H,16,17,18). The summed E-state index contributed by atoms with van der Waals surface area (Å²) in [6.07, 6.45) is 5.83. The maximum atomic E-state index is 5.54. The highest BCUT2D eigenvalue weighted by Crippen LogP contribution is 2.30. The van der Waals surface area contributed by atoms with Gasteiger partial charge in [-0.05, 0) is 12.5 Å². The molecule has 0 aliphatic rings. The van der Waals surface area contributed by atoms with E-state index in [2.05, 4.69) is 38.4 Å². The molecule has 7 heteroatoms. The number of hydrogen-bond acceptors (Lipinski definition) is 7. The van der Waals surface area contributed by atoms with Gasteiger partial charge in [-0.2, -0.15) is 0 Å². The minimum Gasteiger partial charge on any atom is -0.308 e. The lowest BCUT2D eigenvalue weighted by Gasteiger charge is -2.03. The van der Waals surface area contributed by atoms with E-state index in [-0.39, 0.29) is 0 Å². The monoisotopic (exact) mass is 272 g/mol. The molecule has 0 aromatic carbocycles. The highest BCUT2D eigenvalue weighted by atomic mass is 32.1. The van der Waals surface area contributed by atoms with Gasteiger partial charge in [0.15, 0.2) is 11.6 Å². The first kappa shape index (κ1) is 11.9. The van der Waals surface area contributed by atoms with Crippen LogP contribution in [0.2, 0.25) is 0 Å². The van der Waals surface area contributed by atoms with Crippen molar-refractivity contribution in [2.24, 2.45) is 5.84 Å². The number of hydrogen-bond donors (Lipinski definition) is 2. The molecular formula is C12H12N6S. The van der Waals surface area contributed by atoms with Crippen LogP contribution in [-0.4, -0.2) is 19.9 Å². The van der Waals surface area contributed by atoms with Crippen LogP contribution in [0.1, 0.15) is 11.8 Å². The summed E-state index contributed by atoms with van der Waals surface area (Å²) in [5.74, 6) is 6.68. The van der Waals surface area contributed by atoms with Gasteiger partial charge >= 0.3 is 0 Å². The summed E-state index contributed by atoms with van der Waals surface area (Å²) in [6.45, 7) is 2.11. The largest absolute Gasteiger partial charge is 0.308 e. The zero-order valence-electron chi connectivity index (χ0n) is 10.3. The number of thiophene rings is 1. The zero-order chi connectivity index (χ0) is 13.2. The lowest BCUT2D eigenvalue weighted by Crippen LogP contribution is -2.10. The van der Waals surface area contributed by atoms with Gasteiger partial charge in [-0.1, -0.05) is 6.92 Å². The molecule has 0 radical (unpaired) electrons. The van der Waals surface area contributed by atoms with Crippen molar-refractivity contribution < 1.29 is 0 Å². The Labute approximate surface area is 113 Å². The highest BCUT2D eigenvalue weighted by molar-refractivity contribution is 7.18. The van der Waals surface area contributed by atoms with E-state index in [1.54, 1.807) is 29.9 Å². The number of nitrogens with one attached hydrogen (secondary N) is 1. The quantitative estimate of drug-likeness (QED) is 0.560. The molecule has 0 saturated heterocycles. The van der Waals surface area contributed by atoms with E-state index < -0.39 is 0 Å². The third-order valence-electron chi connectivity index (χ3n) is 2.72. The number of rotatable bonds is 3. The van der Waals surface area contributed by atoms with E-state index in [0.29, 0.717) is 17.3 Å². The van der Waals surface area contributed by atoms with Crippen LogP contribution in [0.5, 0.6) is 0 Å². The maximum absolute atomic E-state index is 5.54. The molecule has 96 valence electrons. The van der Waals surface area contributed by atoms with Crippen LogP contribution in [0.4, 0.5) is 5.82 Å². The number of nitrogen functional groups attached to an aromatic ring is 1. The van der Waals surface area contributed by atoms with Gasteiger partial charge in [0.25, 0.3) is 0 Å². The predicted octanol–water partition coefficient (Wildman–Crippen LogP) is 2.00. The van der Waals surface area contributed by atoms with Gasteiger partial charge in [-0.3, -0.25) is 4.98 Å². The Morgan fingerprint density at radius 2 is 2.21 bits per heavy atom. The smallest absolute Gasteiger partial charge is 0.183 e. The predicted molar refractivity (Wildman–Crippen MR) is 75.6 cm³/mol. The van der Waals surface area contributed by atoms with Gasteiger partial charge < -0.3 is 5.43 Å². The van der Waals surface area contributed by atoms with Crippen LogP contribution in [0.3, 0.4) is 0 Å². The van der Waals surface area contributed by atoms with Crippen LogP contribution >= 0.6 is 11.3 Å². The van der Waals surface area contributed by atoms with Crippen molar-refractivity contribution in [2.45, 2.75) is 13.3 Å². The molecule has 3 rings (SSSR count). The molecule has 0 aliphatic carbocycles. The fraction of sp³-hybridized carbons (Fsp3) is 0.167. The summed E-state index contributed by atoms with van der Waals surface area (Å²) in [7, 11) is 0. The van der Waals surface area contributed by atoms with Crippen molar-refractivity contribution in [1.82, 2.24) is 19.9 Å². The minimum absolute atomic E-state index is 0.526. The summed E-state index contributed by atoms with van der Waals surface area (Å²) in [6, 6.07) is 2.07. The first-order valence-electron chi connectivity index (χ1n) is 5.85. The van der Waals surface area contributed by atoms with Gasteiger partial charge in [0, 0.05) is 17.3 Å². The molecule has 0 amide bonds. The minimum atomic E-state index is 0.526. The lowest BCUT2D eigenvalue weighted by molar-refractivity contribution is 1.13. The zero-order valence-corrected chi connectivity index (χ0v) is 11.1. The second-order valence-electron chi connectivity index (χ2n) is 3.92. The van der Waals surface area contributed by atoms with Gasteiger partial charge in [-0.15, -0.1) is 11.3 Å². The Hall–Kier alpha value is -2.12. The average Bonchev–Trinajstić information content (AvgIpc) is 2.90. The third-order valence-corrected chi connectivity index (χ3v) is 3.89. The van der Waals surface area contributed by atoms with E-state index in [1.165, 1.54) is 4.88 Å². The molecule has 3 heterocycles. The SMILES string of the molecule is CCc1cc2c(NN)nc(-c3cnccn3)nc2s1. The van der Waals surface area contributed by atoms with Crippen molar-refractivity contribution in [3.8, 4) is 11.5 Å². The van der Waals surface area contributed by atoms with Gasteiger partial charge in [-0.25, -0.2) is 20.8 Å². The Kier molecular flexibility index (Phi) is 3.06. The van der Waals surface area contributed by atoms with Crippen LogP contribution < -0.4 is 11.3 Å². The van der Waals surface area contributed by atoms with E-state index in [0.717, 1.165) is 16.6 Å². The number of aromatic nitrogens is 4. The van der Waals surface area contributed by atoms with Crippen molar-refractivity contribution in [3.05, 3.63) is 29.5 Å². The molecule has 0 unspecified atom stereocenters. The summed E-state index contributed by atoms with van der Waals surface area (Å²) in [5.41, 5.74) is 3.26. The fourth-order valence-corrected chi connectivity index (χ4v) is 2.75. The van der Waals surface area contributed by atoms with Gasteiger partial charge in [0.2, 0.25) is 0 Å². The molecule has 0 aliphatic heterocycles. The van der Waals surface area contributed by atoms with Crippen molar-refractivity contribution in [3.63, 3.8) is 0 Å². The lowest BCUT2D eigenvalue weighted by atomic mass is 10.3. The summed E-state index contributed by atoms with van der Waals surface area (Å²) < 4.78 is 0. The number of aryl methyl sites for hydroxylation is 1. The van der Waals surface area contributed by atoms with E-state index >= 15 is 0 Å². The van der Waals surface area contributed by atoms with Gasteiger partial charge in [0.1, 0.15) is 10.5 Å². The van der Waals surface area contributed by atoms with Crippen LogP contribution in [-0.2, 0) is 6.42 Å². The Morgan fingerprint density at radius 1 is 1.32 bits per heavy atom. The fourth-order valence-electron chi connectivity index (χ4n) is 1.78. The Bertz CT molecular complexity index is 709. The van der Waals surface area contributed by atoms with Crippen molar-refractivity contribution >= 4 is 27.4 Å². The van der Waals surface area contributed by atoms with E-state index in [4.69, 9.17) is 5.84 Å². The molecule has 3 aromatic heterocycles. The highest BCUT2D eigenvalue weighted by Gasteiger charge is 2.12. The summed E-state index contributed by atoms with van der Waals surface area (Å²) >= 11 is 1.64. The number of anilines is 1. The number of nitrogens with zero attached hydrogens (tertiary/aromatic N) is 4. The van der Waals surface area contributed by atoms with Gasteiger partial charge in [0.05, 0.1) is 11.6 Å². The summed E-state index contributed by atoms with van der Waals surface area (Å²) in [5, 5.41) is 0.942. The van der Waals surface area contributed by atoms with Crippen LogP contribution in [0, 0.1) is 0 Å². The molecule has 0 bridgehead atoms. The average molecular weight is 272 g/mol. The topological polar surface area (TPSA) is 89.6 Å². The van der Waals surface area contributed by atoms with Crippen LogP contribution in [0.15, 0.2) is 24.7 Å². The number of hydrazine groups is 1. The number of nitrogens with two attached hydrogens (primary N) is 1. The molecule has 6 nitrogen and oxygen atoms in total. The first-order chi connectivity index (χ1) is 9.31. The normalized spacial score (nSPS) is 10.8. The van der Waals surface area contributed by atoms with E-state index in [9.17, 15) is 0 Å². The second-order valence-corrected chi connectivity index (χ2v) is 5.03. The van der Waals surface area contributed by atoms with Crippen LogP contribution in [0.25, 0.3) is 21.7 Å². The number of fused-ring (bicyclic) bond motifs is 1. The Balaban J connectivity index is 2.22. The molecular weight excluding hydrogens is 260 g/mol. The molecule has 0 spiro atoms. The molecule has 0 saturated carbocycles. The van der Waals surface area contributed by atoms with Crippen molar-refractivity contribution in [1.29, 1.82) is 0 Å².